The van der Waals surface area contributed by atoms with Gasteiger partial charge in [-0.15, -0.1) is 0 Å². The first-order valence-corrected chi connectivity index (χ1v) is 4.99. The number of carbonyl (C=O) groups is 2. The number of aromatic nitrogens is 1. The van der Waals surface area contributed by atoms with Crippen LogP contribution in [0.15, 0.2) is 24.4 Å². The summed E-state index contributed by atoms with van der Waals surface area (Å²) >= 11 is 0. The van der Waals surface area contributed by atoms with Crippen molar-refractivity contribution in [1.29, 1.82) is 0 Å². The zero-order valence-electron chi connectivity index (χ0n) is 9.15. The van der Waals surface area contributed by atoms with Crippen LogP contribution in [0.25, 0.3) is 10.9 Å². The number of pyridine rings is 1. The van der Waals surface area contributed by atoms with E-state index in [2.05, 4.69) is 4.98 Å². The first kappa shape index (κ1) is 10.5. The van der Waals surface area contributed by atoms with Crippen molar-refractivity contribution >= 4 is 23.0 Å². The third kappa shape index (κ3) is 1.60. The number of benzene rings is 1. The van der Waals surface area contributed by atoms with Crippen LogP contribution in [0.3, 0.4) is 0 Å². The van der Waals surface area contributed by atoms with Crippen LogP contribution in [0, 0.1) is 13.8 Å². The first-order chi connectivity index (χ1) is 7.63. The lowest BCUT2D eigenvalue weighted by molar-refractivity contribution is -0.104. The van der Waals surface area contributed by atoms with Gasteiger partial charge >= 0.3 is 0 Å². The summed E-state index contributed by atoms with van der Waals surface area (Å²) in [5.41, 5.74) is 2.82. The van der Waals surface area contributed by atoms with E-state index in [0.717, 1.165) is 16.5 Å². The molecule has 0 saturated carbocycles. The van der Waals surface area contributed by atoms with Crippen molar-refractivity contribution in [2.75, 3.05) is 0 Å². The Morgan fingerprint density at radius 1 is 1.31 bits per heavy atom. The molecule has 80 valence electrons. The number of ketones is 1. The number of nitrogens with zero attached hydrogens (tertiary/aromatic N) is 1. The fourth-order valence-corrected chi connectivity index (χ4v) is 1.78. The lowest BCUT2D eigenvalue weighted by atomic mass is 10.0. The summed E-state index contributed by atoms with van der Waals surface area (Å²) in [4.78, 5) is 26.3. The van der Waals surface area contributed by atoms with Crippen molar-refractivity contribution in [3.8, 4) is 0 Å². The van der Waals surface area contributed by atoms with Gasteiger partial charge < -0.3 is 0 Å². The van der Waals surface area contributed by atoms with E-state index in [1.165, 1.54) is 0 Å². The molecule has 0 spiro atoms. The third-order valence-corrected chi connectivity index (χ3v) is 2.55. The van der Waals surface area contributed by atoms with E-state index in [9.17, 15) is 9.59 Å². The molecule has 0 aliphatic carbocycles. The maximum absolute atomic E-state index is 11.5. The summed E-state index contributed by atoms with van der Waals surface area (Å²) in [7, 11) is 0. The zero-order chi connectivity index (χ0) is 11.7. The van der Waals surface area contributed by atoms with Crippen molar-refractivity contribution in [2.24, 2.45) is 0 Å². The number of hydrogen-bond acceptors (Lipinski definition) is 3. The average Bonchev–Trinajstić information content (AvgIpc) is 2.28. The molecule has 0 atom stereocenters. The minimum absolute atomic E-state index is 0.337. The van der Waals surface area contributed by atoms with Gasteiger partial charge in [-0.3, -0.25) is 14.6 Å². The molecule has 0 aliphatic rings. The Morgan fingerprint density at radius 2 is 2.06 bits per heavy atom. The van der Waals surface area contributed by atoms with Gasteiger partial charge in [0.05, 0.1) is 11.1 Å². The highest BCUT2D eigenvalue weighted by molar-refractivity contribution is 6.36. The quantitative estimate of drug-likeness (QED) is 0.436. The van der Waals surface area contributed by atoms with Gasteiger partial charge in [-0.25, -0.2) is 0 Å². The Labute approximate surface area is 93.1 Å². The molecule has 0 unspecified atom stereocenters. The fourth-order valence-electron chi connectivity index (χ4n) is 1.78. The van der Waals surface area contributed by atoms with Crippen LogP contribution in [0.4, 0.5) is 0 Å². The van der Waals surface area contributed by atoms with Crippen LogP contribution in [0.5, 0.6) is 0 Å². The van der Waals surface area contributed by atoms with E-state index < -0.39 is 5.78 Å². The molecule has 0 amide bonds. The van der Waals surface area contributed by atoms with Crippen molar-refractivity contribution in [1.82, 2.24) is 4.98 Å². The maximum atomic E-state index is 11.5. The molecule has 1 aromatic heterocycles. The first-order valence-electron chi connectivity index (χ1n) is 4.99. The van der Waals surface area contributed by atoms with Crippen LogP contribution < -0.4 is 0 Å². The Balaban J connectivity index is 2.84. The van der Waals surface area contributed by atoms with E-state index >= 15 is 0 Å². The van der Waals surface area contributed by atoms with Gasteiger partial charge in [0.25, 0.3) is 0 Å². The molecule has 1 heterocycles. The second kappa shape index (κ2) is 3.85. The lowest BCUT2D eigenvalue weighted by Gasteiger charge is -2.06. The maximum Gasteiger partial charge on any atom is 0.227 e. The fraction of sp³-hybridized carbons (Fsp3) is 0.154. The second-order valence-corrected chi connectivity index (χ2v) is 3.82. The summed E-state index contributed by atoms with van der Waals surface area (Å²) in [5.74, 6) is -0.514. The largest absolute Gasteiger partial charge is 0.294 e. The lowest BCUT2D eigenvalue weighted by Crippen LogP contribution is -2.04. The number of aldehydes is 1. The highest BCUT2D eigenvalue weighted by Crippen LogP contribution is 2.21. The van der Waals surface area contributed by atoms with Crippen LogP contribution in [-0.2, 0) is 4.79 Å². The predicted octanol–water partition coefficient (Wildman–Crippen LogP) is 2.23. The molecular formula is C13H11NO2. The summed E-state index contributed by atoms with van der Waals surface area (Å²) < 4.78 is 0. The van der Waals surface area contributed by atoms with Crippen molar-refractivity contribution in [3.63, 3.8) is 0 Å². The van der Waals surface area contributed by atoms with Crippen LogP contribution in [0.2, 0.25) is 0 Å². The monoisotopic (exact) mass is 213 g/mol. The Morgan fingerprint density at radius 3 is 2.75 bits per heavy atom. The van der Waals surface area contributed by atoms with Gasteiger partial charge in [0.1, 0.15) is 0 Å². The molecular weight excluding hydrogens is 202 g/mol. The van der Waals surface area contributed by atoms with Crippen molar-refractivity contribution < 1.29 is 9.59 Å². The standard InChI is InChI=1S/C13H11NO2/c1-8-5-10-4-3-9(2)12(11(16)7-15)13(10)14-6-8/h3-7H,1-2H3. The van der Waals surface area contributed by atoms with Gasteiger partial charge in [0.2, 0.25) is 5.78 Å². The molecule has 0 saturated heterocycles. The normalized spacial score (nSPS) is 10.4. The van der Waals surface area contributed by atoms with Gasteiger partial charge in [0, 0.05) is 11.6 Å². The summed E-state index contributed by atoms with van der Waals surface area (Å²) in [6.07, 6.45) is 2.03. The minimum Gasteiger partial charge on any atom is -0.294 e. The number of hydrogen-bond donors (Lipinski definition) is 0. The second-order valence-electron chi connectivity index (χ2n) is 3.82. The number of rotatable bonds is 2. The van der Waals surface area contributed by atoms with Gasteiger partial charge in [-0.1, -0.05) is 12.1 Å². The van der Waals surface area contributed by atoms with E-state index in [1.54, 1.807) is 13.1 Å². The summed E-state index contributed by atoms with van der Waals surface area (Å²) in [6.45, 7) is 3.74. The molecule has 0 radical (unpaired) electrons. The molecule has 2 aromatic rings. The number of aryl methyl sites for hydroxylation is 2. The number of Topliss-reactive ketones (excluding diaryl/α,β-unsaturated/α-hetero) is 1. The highest BCUT2D eigenvalue weighted by atomic mass is 16.2. The molecule has 3 heteroatoms. The summed E-state index contributed by atoms with van der Waals surface area (Å²) in [6, 6.07) is 5.69. The minimum atomic E-state index is -0.514. The molecule has 0 aliphatic heterocycles. The average molecular weight is 213 g/mol. The molecule has 0 bridgehead atoms. The molecule has 16 heavy (non-hydrogen) atoms. The Hall–Kier alpha value is -2.03. The van der Waals surface area contributed by atoms with Crippen LogP contribution in [0.1, 0.15) is 21.5 Å². The molecule has 2 rings (SSSR count). The topological polar surface area (TPSA) is 47.0 Å². The van der Waals surface area contributed by atoms with Crippen LogP contribution >= 0.6 is 0 Å². The molecule has 3 nitrogen and oxygen atoms in total. The molecule has 0 fully saturated rings. The van der Waals surface area contributed by atoms with Gasteiger partial charge in [-0.2, -0.15) is 0 Å². The molecule has 1 aromatic carbocycles. The van der Waals surface area contributed by atoms with Crippen LogP contribution in [-0.4, -0.2) is 17.1 Å². The van der Waals surface area contributed by atoms with Gasteiger partial charge in [-0.05, 0) is 31.0 Å². The van der Waals surface area contributed by atoms with Gasteiger partial charge in [0.15, 0.2) is 6.29 Å². The number of fused-ring (bicyclic) bond motifs is 1. The smallest absolute Gasteiger partial charge is 0.227 e. The van der Waals surface area contributed by atoms with E-state index in [4.69, 9.17) is 0 Å². The number of carbonyl (C=O) groups excluding carboxylic acids is 2. The van der Waals surface area contributed by atoms with E-state index in [0.29, 0.717) is 17.4 Å². The predicted molar refractivity (Wildman–Crippen MR) is 61.6 cm³/mol. The SMILES string of the molecule is Cc1cnc2c(C(=O)C=O)c(C)ccc2c1. The molecule has 0 N–H and O–H groups in total. The van der Waals surface area contributed by atoms with E-state index in [-0.39, 0.29) is 0 Å². The van der Waals surface area contributed by atoms with Crippen molar-refractivity contribution in [2.45, 2.75) is 13.8 Å². The third-order valence-electron chi connectivity index (χ3n) is 2.55. The Kier molecular flexibility index (Phi) is 2.52. The zero-order valence-corrected chi connectivity index (χ0v) is 9.15. The highest BCUT2D eigenvalue weighted by Gasteiger charge is 2.13. The summed E-state index contributed by atoms with van der Waals surface area (Å²) in [5, 5.41) is 0.885. The van der Waals surface area contributed by atoms with Crippen molar-refractivity contribution in [3.05, 3.63) is 41.1 Å². The Bertz CT molecular complexity index is 588. The van der Waals surface area contributed by atoms with E-state index in [1.807, 2.05) is 25.1 Å².